The molecule has 2 rings (SSSR count). The lowest BCUT2D eigenvalue weighted by atomic mass is 9.93. The first-order chi connectivity index (χ1) is 9.24. The highest BCUT2D eigenvalue weighted by molar-refractivity contribution is 5.71. The Morgan fingerprint density at radius 2 is 1.95 bits per heavy atom. The second-order valence-electron chi connectivity index (χ2n) is 5.28. The maximum Gasteiger partial charge on any atom is 0.312 e. The predicted octanol–water partition coefficient (Wildman–Crippen LogP) is 1.96. The standard InChI is InChI=1S/C15H23N3O/c16-15(19)17-9-6-13-7-10-18(11-8-13)12-14-4-2-1-3-5-14/h1-5,13H,6-12H2,(H3,16,17,19). The average Bonchev–Trinajstić information content (AvgIpc) is 2.42. The van der Waals surface area contributed by atoms with E-state index in [1.54, 1.807) is 0 Å². The molecule has 0 spiro atoms. The zero-order chi connectivity index (χ0) is 13.5. The van der Waals surface area contributed by atoms with Crippen molar-refractivity contribution < 1.29 is 4.79 Å². The van der Waals surface area contributed by atoms with E-state index in [0.717, 1.165) is 32.0 Å². The van der Waals surface area contributed by atoms with E-state index in [4.69, 9.17) is 5.73 Å². The van der Waals surface area contributed by atoms with Crippen molar-refractivity contribution in [1.82, 2.24) is 10.2 Å². The first-order valence-electron chi connectivity index (χ1n) is 7.03. The van der Waals surface area contributed by atoms with Gasteiger partial charge in [-0.2, -0.15) is 0 Å². The van der Waals surface area contributed by atoms with Gasteiger partial charge in [0.1, 0.15) is 0 Å². The molecule has 2 amide bonds. The molecule has 3 N–H and O–H groups in total. The summed E-state index contributed by atoms with van der Waals surface area (Å²) in [6, 6.07) is 10.2. The van der Waals surface area contributed by atoms with Gasteiger partial charge < -0.3 is 11.1 Å². The van der Waals surface area contributed by atoms with E-state index in [1.807, 2.05) is 0 Å². The maximum atomic E-state index is 10.6. The number of benzene rings is 1. The Bertz CT molecular complexity index is 386. The van der Waals surface area contributed by atoms with Crippen LogP contribution in [0.25, 0.3) is 0 Å². The number of rotatable bonds is 5. The Morgan fingerprint density at radius 1 is 1.26 bits per heavy atom. The van der Waals surface area contributed by atoms with E-state index in [0.29, 0.717) is 6.54 Å². The Balaban J connectivity index is 1.66. The minimum Gasteiger partial charge on any atom is -0.352 e. The highest BCUT2D eigenvalue weighted by Crippen LogP contribution is 2.21. The number of carbonyl (C=O) groups excluding carboxylic acids is 1. The molecule has 1 fully saturated rings. The summed E-state index contributed by atoms with van der Waals surface area (Å²) in [7, 11) is 0. The van der Waals surface area contributed by atoms with Gasteiger partial charge in [0, 0.05) is 13.1 Å². The van der Waals surface area contributed by atoms with Gasteiger partial charge in [0.2, 0.25) is 0 Å². The third-order valence-corrected chi connectivity index (χ3v) is 3.81. The fraction of sp³-hybridized carbons (Fsp3) is 0.533. The molecule has 1 heterocycles. The van der Waals surface area contributed by atoms with Crippen LogP contribution >= 0.6 is 0 Å². The molecular formula is C15H23N3O. The van der Waals surface area contributed by atoms with Gasteiger partial charge in [0.05, 0.1) is 0 Å². The number of urea groups is 1. The fourth-order valence-electron chi connectivity index (χ4n) is 2.67. The van der Waals surface area contributed by atoms with Crippen LogP contribution in [-0.2, 0) is 6.54 Å². The average molecular weight is 261 g/mol. The number of nitrogens with one attached hydrogen (secondary N) is 1. The van der Waals surface area contributed by atoms with Crippen LogP contribution in [0.15, 0.2) is 30.3 Å². The number of hydrogen-bond acceptors (Lipinski definition) is 2. The lowest BCUT2D eigenvalue weighted by molar-refractivity contribution is 0.172. The number of likely N-dealkylation sites (tertiary alicyclic amines) is 1. The monoisotopic (exact) mass is 261 g/mol. The maximum absolute atomic E-state index is 10.6. The topological polar surface area (TPSA) is 58.4 Å². The molecule has 1 aliphatic rings. The summed E-state index contributed by atoms with van der Waals surface area (Å²) in [6.45, 7) is 4.05. The van der Waals surface area contributed by atoms with Gasteiger partial charge in [0.15, 0.2) is 0 Å². The number of carbonyl (C=O) groups is 1. The number of piperidine rings is 1. The molecule has 0 unspecified atom stereocenters. The van der Waals surface area contributed by atoms with Crippen LogP contribution in [0.3, 0.4) is 0 Å². The van der Waals surface area contributed by atoms with Gasteiger partial charge in [-0.25, -0.2) is 4.79 Å². The molecule has 1 aliphatic heterocycles. The van der Waals surface area contributed by atoms with Crippen molar-refractivity contribution in [3.05, 3.63) is 35.9 Å². The van der Waals surface area contributed by atoms with Crippen LogP contribution in [0.2, 0.25) is 0 Å². The fourth-order valence-corrected chi connectivity index (χ4v) is 2.67. The molecule has 4 nitrogen and oxygen atoms in total. The summed E-state index contributed by atoms with van der Waals surface area (Å²) in [5.74, 6) is 0.721. The summed E-state index contributed by atoms with van der Waals surface area (Å²) in [4.78, 5) is 13.1. The second-order valence-corrected chi connectivity index (χ2v) is 5.28. The Morgan fingerprint density at radius 3 is 2.58 bits per heavy atom. The van der Waals surface area contributed by atoms with Gasteiger partial charge in [-0.15, -0.1) is 0 Å². The Kier molecular flexibility index (Phi) is 5.21. The first-order valence-corrected chi connectivity index (χ1v) is 7.03. The molecule has 0 aliphatic carbocycles. The quantitative estimate of drug-likeness (QED) is 0.851. The molecule has 1 saturated heterocycles. The van der Waals surface area contributed by atoms with Crippen LogP contribution in [0.4, 0.5) is 4.79 Å². The summed E-state index contributed by atoms with van der Waals surface area (Å²) in [5, 5.41) is 2.67. The molecular weight excluding hydrogens is 238 g/mol. The van der Waals surface area contributed by atoms with Gasteiger partial charge in [-0.05, 0) is 43.8 Å². The SMILES string of the molecule is NC(=O)NCCC1CCN(Cc2ccccc2)CC1. The summed E-state index contributed by atoms with van der Waals surface area (Å²) < 4.78 is 0. The minimum absolute atomic E-state index is 0.415. The van der Waals surface area contributed by atoms with Crippen molar-refractivity contribution in [1.29, 1.82) is 0 Å². The van der Waals surface area contributed by atoms with Crippen LogP contribution in [-0.4, -0.2) is 30.6 Å². The van der Waals surface area contributed by atoms with E-state index in [-0.39, 0.29) is 0 Å². The molecule has 0 saturated carbocycles. The molecule has 4 heteroatoms. The molecule has 0 bridgehead atoms. The zero-order valence-electron chi connectivity index (χ0n) is 11.3. The van der Waals surface area contributed by atoms with E-state index >= 15 is 0 Å². The smallest absolute Gasteiger partial charge is 0.312 e. The van der Waals surface area contributed by atoms with Gasteiger partial charge in [-0.3, -0.25) is 4.90 Å². The lowest BCUT2D eigenvalue weighted by Crippen LogP contribution is -2.35. The highest BCUT2D eigenvalue weighted by atomic mass is 16.2. The van der Waals surface area contributed by atoms with E-state index in [1.165, 1.54) is 18.4 Å². The van der Waals surface area contributed by atoms with Crippen molar-refractivity contribution >= 4 is 6.03 Å². The van der Waals surface area contributed by atoms with Crippen LogP contribution < -0.4 is 11.1 Å². The zero-order valence-corrected chi connectivity index (χ0v) is 11.3. The van der Waals surface area contributed by atoms with E-state index in [9.17, 15) is 4.79 Å². The molecule has 104 valence electrons. The summed E-state index contributed by atoms with van der Waals surface area (Å²) in [6.07, 6.45) is 3.47. The van der Waals surface area contributed by atoms with E-state index < -0.39 is 6.03 Å². The second kappa shape index (κ2) is 7.14. The molecule has 19 heavy (non-hydrogen) atoms. The first kappa shape index (κ1) is 13.9. The van der Waals surface area contributed by atoms with Crippen LogP contribution in [0, 0.1) is 5.92 Å². The number of hydrogen-bond donors (Lipinski definition) is 2. The highest BCUT2D eigenvalue weighted by Gasteiger charge is 2.18. The molecule has 1 aromatic carbocycles. The number of primary amides is 1. The third-order valence-electron chi connectivity index (χ3n) is 3.81. The Hall–Kier alpha value is -1.55. The van der Waals surface area contributed by atoms with Crippen molar-refractivity contribution in [3.63, 3.8) is 0 Å². The van der Waals surface area contributed by atoms with Gasteiger partial charge >= 0.3 is 6.03 Å². The normalized spacial score (nSPS) is 17.3. The van der Waals surface area contributed by atoms with E-state index in [2.05, 4.69) is 40.5 Å². The van der Waals surface area contributed by atoms with Crippen molar-refractivity contribution in [3.8, 4) is 0 Å². The van der Waals surface area contributed by atoms with Crippen LogP contribution in [0.1, 0.15) is 24.8 Å². The molecule has 0 aromatic heterocycles. The van der Waals surface area contributed by atoms with Gasteiger partial charge in [0.25, 0.3) is 0 Å². The largest absolute Gasteiger partial charge is 0.352 e. The number of nitrogens with zero attached hydrogens (tertiary/aromatic N) is 1. The van der Waals surface area contributed by atoms with Crippen molar-refractivity contribution in [2.45, 2.75) is 25.8 Å². The summed E-state index contributed by atoms with van der Waals surface area (Å²) >= 11 is 0. The van der Waals surface area contributed by atoms with Crippen molar-refractivity contribution in [2.75, 3.05) is 19.6 Å². The predicted molar refractivity (Wildman–Crippen MR) is 76.6 cm³/mol. The Labute approximate surface area is 115 Å². The van der Waals surface area contributed by atoms with Gasteiger partial charge in [-0.1, -0.05) is 30.3 Å². The van der Waals surface area contributed by atoms with Crippen molar-refractivity contribution in [2.24, 2.45) is 11.7 Å². The lowest BCUT2D eigenvalue weighted by Gasteiger charge is -2.32. The van der Waals surface area contributed by atoms with Crippen LogP contribution in [0.5, 0.6) is 0 Å². The molecule has 0 atom stereocenters. The third kappa shape index (κ3) is 4.91. The summed E-state index contributed by atoms with van der Waals surface area (Å²) in [5.41, 5.74) is 6.44. The number of nitrogens with two attached hydrogens (primary N) is 1. The molecule has 1 aromatic rings. The minimum atomic E-state index is -0.415. The number of amides is 2. The molecule has 0 radical (unpaired) electrons.